The fourth-order valence-corrected chi connectivity index (χ4v) is 3.98. The third kappa shape index (κ3) is 5.08. The summed E-state index contributed by atoms with van der Waals surface area (Å²) in [5.41, 5.74) is 1.14. The number of carbonyl (C=O) groups is 2. The number of benzene rings is 1. The highest BCUT2D eigenvalue weighted by Gasteiger charge is 2.27. The number of nitrogens with one attached hydrogen (secondary N) is 1. The molecule has 1 aliphatic carbocycles. The van der Waals surface area contributed by atoms with E-state index in [1.165, 1.54) is 6.42 Å². The number of amides is 2. The number of piperazine rings is 1. The van der Waals surface area contributed by atoms with Crippen LogP contribution in [-0.4, -0.2) is 60.4 Å². The lowest BCUT2D eigenvalue weighted by Gasteiger charge is -2.35. The van der Waals surface area contributed by atoms with E-state index in [4.69, 9.17) is 5.26 Å². The van der Waals surface area contributed by atoms with Crippen LogP contribution in [0.5, 0.6) is 0 Å². The molecule has 3 rings (SSSR count). The third-order valence-electron chi connectivity index (χ3n) is 5.57. The first-order valence-electron chi connectivity index (χ1n) is 9.98. The van der Waals surface area contributed by atoms with Gasteiger partial charge in [-0.25, -0.2) is 0 Å². The highest BCUT2D eigenvalue weighted by Crippen LogP contribution is 2.24. The molecule has 0 radical (unpaired) electrons. The second-order valence-electron chi connectivity index (χ2n) is 7.36. The van der Waals surface area contributed by atoms with Crippen LogP contribution in [0, 0.1) is 11.3 Å². The second kappa shape index (κ2) is 9.52. The lowest BCUT2D eigenvalue weighted by atomic mass is 9.93. The van der Waals surface area contributed by atoms with Crippen LogP contribution < -0.4 is 5.32 Å². The Labute approximate surface area is 161 Å². The van der Waals surface area contributed by atoms with Crippen LogP contribution in [0.2, 0.25) is 0 Å². The van der Waals surface area contributed by atoms with Crippen molar-refractivity contribution in [3.63, 3.8) is 0 Å². The van der Waals surface area contributed by atoms with Gasteiger partial charge in [-0.05, 0) is 37.1 Å². The number of nitrogens with zero attached hydrogens (tertiary/aromatic N) is 3. The molecule has 1 saturated carbocycles. The molecule has 6 nitrogen and oxygen atoms in total. The molecule has 1 heterocycles. The molecule has 2 amide bonds. The van der Waals surface area contributed by atoms with E-state index < -0.39 is 0 Å². The summed E-state index contributed by atoms with van der Waals surface area (Å²) in [4.78, 5) is 29.5. The van der Waals surface area contributed by atoms with E-state index in [1.54, 1.807) is 24.3 Å². The maximum absolute atomic E-state index is 13.1. The molecule has 27 heavy (non-hydrogen) atoms. The van der Waals surface area contributed by atoms with Crippen LogP contribution in [0.1, 0.15) is 54.4 Å². The third-order valence-corrected chi connectivity index (χ3v) is 5.57. The Morgan fingerprint density at radius 3 is 2.41 bits per heavy atom. The predicted octanol–water partition coefficient (Wildman–Crippen LogP) is 2.16. The molecule has 0 unspecified atom stereocenters. The average molecular weight is 368 g/mol. The van der Waals surface area contributed by atoms with Gasteiger partial charge in [0.15, 0.2) is 0 Å². The van der Waals surface area contributed by atoms with E-state index in [9.17, 15) is 9.59 Å². The molecule has 2 fully saturated rings. The first-order chi connectivity index (χ1) is 13.2. The maximum Gasteiger partial charge on any atom is 0.254 e. The minimum Gasteiger partial charge on any atom is -0.340 e. The van der Waals surface area contributed by atoms with E-state index in [1.807, 2.05) is 9.80 Å². The fraction of sp³-hybridized carbons (Fsp3) is 0.571. The Morgan fingerprint density at radius 2 is 1.78 bits per heavy atom. The number of hydrogen-bond donors (Lipinski definition) is 1. The van der Waals surface area contributed by atoms with Crippen molar-refractivity contribution in [2.75, 3.05) is 32.7 Å². The van der Waals surface area contributed by atoms with Crippen LogP contribution in [0.25, 0.3) is 0 Å². The molecular weight excluding hydrogens is 340 g/mol. The van der Waals surface area contributed by atoms with Gasteiger partial charge in [0.2, 0.25) is 5.91 Å². The van der Waals surface area contributed by atoms with Gasteiger partial charge in [-0.1, -0.05) is 19.3 Å². The lowest BCUT2D eigenvalue weighted by molar-refractivity contribution is -0.132. The molecule has 1 aromatic rings. The fourth-order valence-electron chi connectivity index (χ4n) is 3.98. The highest BCUT2D eigenvalue weighted by atomic mass is 16.2. The zero-order valence-electron chi connectivity index (χ0n) is 15.8. The summed E-state index contributed by atoms with van der Waals surface area (Å²) in [5.74, 6) is 0.101. The van der Waals surface area contributed by atoms with Crippen molar-refractivity contribution in [2.24, 2.45) is 0 Å². The number of rotatable bonds is 5. The second-order valence-corrected chi connectivity index (χ2v) is 7.36. The lowest BCUT2D eigenvalue weighted by Crippen LogP contribution is -2.48. The largest absolute Gasteiger partial charge is 0.340 e. The Morgan fingerprint density at radius 1 is 1.11 bits per heavy atom. The normalized spacial score (nSPS) is 18.0. The summed E-state index contributed by atoms with van der Waals surface area (Å²) in [6.45, 7) is 3.62. The van der Waals surface area contributed by atoms with Crippen molar-refractivity contribution in [3.8, 4) is 6.07 Å². The molecule has 1 saturated heterocycles. The zero-order valence-corrected chi connectivity index (χ0v) is 15.8. The standard InChI is InChI=1S/C21H28N4O2/c22-16-17-6-8-18(9-7-17)21(27)25(19-4-2-1-3-5-19)13-10-20(26)24-14-11-23-12-15-24/h6-9,19,23H,1-5,10-15H2. The van der Waals surface area contributed by atoms with Crippen molar-refractivity contribution in [3.05, 3.63) is 35.4 Å². The highest BCUT2D eigenvalue weighted by molar-refractivity contribution is 5.94. The first-order valence-corrected chi connectivity index (χ1v) is 9.98. The van der Waals surface area contributed by atoms with Crippen LogP contribution >= 0.6 is 0 Å². The van der Waals surface area contributed by atoms with E-state index in [-0.39, 0.29) is 17.9 Å². The van der Waals surface area contributed by atoms with Gasteiger partial charge in [0.1, 0.15) is 0 Å². The van der Waals surface area contributed by atoms with Gasteiger partial charge in [0.05, 0.1) is 11.6 Å². The Hall–Kier alpha value is -2.39. The van der Waals surface area contributed by atoms with Gasteiger partial charge in [0, 0.05) is 50.7 Å². The molecular formula is C21H28N4O2. The van der Waals surface area contributed by atoms with Gasteiger partial charge in [-0.15, -0.1) is 0 Å². The minimum atomic E-state index is -0.0282. The van der Waals surface area contributed by atoms with Crippen molar-refractivity contribution in [2.45, 2.75) is 44.6 Å². The molecule has 1 aromatic carbocycles. The van der Waals surface area contributed by atoms with Crippen molar-refractivity contribution in [1.82, 2.24) is 15.1 Å². The predicted molar refractivity (Wildman–Crippen MR) is 103 cm³/mol. The Bertz CT molecular complexity index is 683. The quantitative estimate of drug-likeness (QED) is 0.864. The molecule has 0 atom stereocenters. The van der Waals surface area contributed by atoms with Crippen molar-refractivity contribution < 1.29 is 9.59 Å². The Kier molecular flexibility index (Phi) is 6.83. The molecule has 144 valence electrons. The molecule has 1 aliphatic heterocycles. The van der Waals surface area contributed by atoms with E-state index in [0.29, 0.717) is 24.1 Å². The summed E-state index contributed by atoms with van der Waals surface area (Å²) in [6.07, 6.45) is 5.86. The van der Waals surface area contributed by atoms with E-state index in [0.717, 1.165) is 51.9 Å². The molecule has 0 aromatic heterocycles. The summed E-state index contributed by atoms with van der Waals surface area (Å²) < 4.78 is 0. The average Bonchev–Trinajstić information content (AvgIpc) is 2.75. The monoisotopic (exact) mass is 368 g/mol. The maximum atomic E-state index is 13.1. The summed E-state index contributed by atoms with van der Waals surface area (Å²) in [5, 5.41) is 12.2. The molecule has 0 bridgehead atoms. The van der Waals surface area contributed by atoms with Gasteiger partial charge < -0.3 is 15.1 Å². The number of carbonyl (C=O) groups excluding carboxylic acids is 2. The molecule has 1 N–H and O–H groups in total. The number of hydrogen-bond acceptors (Lipinski definition) is 4. The molecule has 6 heteroatoms. The van der Waals surface area contributed by atoms with Crippen molar-refractivity contribution in [1.29, 1.82) is 5.26 Å². The summed E-state index contributed by atoms with van der Waals surface area (Å²) in [7, 11) is 0. The van der Waals surface area contributed by atoms with Crippen LogP contribution in [0.3, 0.4) is 0 Å². The van der Waals surface area contributed by atoms with Gasteiger partial charge >= 0.3 is 0 Å². The zero-order chi connectivity index (χ0) is 19.1. The van der Waals surface area contributed by atoms with Crippen LogP contribution in [0.15, 0.2) is 24.3 Å². The summed E-state index contributed by atoms with van der Waals surface area (Å²) >= 11 is 0. The summed E-state index contributed by atoms with van der Waals surface area (Å²) in [6, 6.07) is 9.08. The molecule has 2 aliphatic rings. The smallest absolute Gasteiger partial charge is 0.254 e. The topological polar surface area (TPSA) is 76.4 Å². The van der Waals surface area contributed by atoms with Gasteiger partial charge in [-0.3, -0.25) is 9.59 Å². The van der Waals surface area contributed by atoms with Crippen LogP contribution in [-0.2, 0) is 4.79 Å². The van der Waals surface area contributed by atoms with Gasteiger partial charge in [-0.2, -0.15) is 5.26 Å². The van der Waals surface area contributed by atoms with E-state index in [2.05, 4.69) is 11.4 Å². The Balaban J connectivity index is 1.68. The van der Waals surface area contributed by atoms with Crippen molar-refractivity contribution >= 4 is 11.8 Å². The molecule has 0 spiro atoms. The first kappa shape index (κ1) is 19.4. The number of nitriles is 1. The van der Waals surface area contributed by atoms with Gasteiger partial charge in [0.25, 0.3) is 5.91 Å². The van der Waals surface area contributed by atoms with Crippen LogP contribution in [0.4, 0.5) is 0 Å². The minimum absolute atomic E-state index is 0.0282. The van der Waals surface area contributed by atoms with E-state index >= 15 is 0 Å². The SMILES string of the molecule is N#Cc1ccc(C(=O)N(CCC(=O)N2CCNCC2)C2CCCCC2)cc1.